The topological polar surface area (TPSA) is 41.1 Å². The van der Waals surface area contributed by atoms with E-state index in [0.29, 0.717) is 5.92 Å². The molecule has 1 aromatic carbocycles. The number of benzene rings is 1. The molecule has 1 fully saturated rings. The Morgan fingerprint density at radius 1 is 1.38 bits per heavy atom. The van der Waals surface area contributed by atoms with E-state index in [4.69, 9.17) is 0 Å². The molecule has 0 bridgehead atoms. The molecule has 0 aliphatic carbocycles. The zero-order chi connectivity index (χ0) is 14.4. The lowest BCUT2D eigenvalue weighted by atomic mass is 9.91. The number of nitrogens with one attached hydrogen (secondary N) is 2. The number of piperidine rings is 1. The van der Waals surface area contributed by atoms with Crippen LogP contribution in [0, 0.1) is 5.92 Å². The predicted octanol–water partition coefficient (Wildman–Crippen LogP) is 3.11. The first-order valence-electron chi connectivity index (χ1n) is 7.78. The quantitative estimate of drug-likeness (QED) is 0.877. The number of amides is 1. The molecule has 2 N–H and O–H groups in total. The fraction of sp³-hybridized carbons (Fsp3) is 0.588. The third-order valence-corrected chi connectivity index (χ3v) is 4.25. The van der Waals surface area contributed by atoms with Crippen LogP contribution >= 0.6 is 12.4 Å². The van der Waals surface area contributed by atoms with Gasteiger partial charge in [-0.15, -0.1) is 12.4 Å². The zero-order valence-corrected chi connectivity index (χ0v) is 13.8. The van der Waals surface area contributed by atoms with E-state index >= 15 is 0 Å². The first-order chi connectivity index (χ1) is 9.72. The zero-order valence-electron chi connectivity index (χ0n) is 13.0. The first kappa shape index (κ1) is 18.0. The molecule has 21 heavy (non-hydrogen) atoms. The largest absolute Gasteiger partial charge is 0.351 e. The third-order valence-electron chi connectivity index (χ3n) is 4.25. The Balaban J connectivity index is 0.00000220. The first-order valence-corrected chi connectivity index (χ1v) is 7.78. The number of hydrogen-bond donors (Lipinski definition) is 2. The van der Waals surface area contributed by atoms with Crippen LogP contribution in [0.2, 0.25) is 0 Å². The molecule has 2 rings (SSSR count). The molecular weight excluding hydrogens is 284 g/mol. The van der Waals surface area contributed by atoms with Crippen molar-refractivity contribution in [2.24, 2.45) is 5.92 Å². The van der Waals surface area contributed by atoms with E-state index < -0.39 is 0 Å². The molecule has 0 radical (unpaired) electrons. The van der Waals surface area contributed by atoms with Gasteiger partial charge in [-0.25, -0.2) is 0 Å². The van der Waals surface area contributed by atoms with Crippen LogP contribution in [0.5, 0.6) is 0 Å². The van der Waals surface area contributed by atoms with E-state index in [1.807, 2.05) is 18.2 Å². The third kappa shape index (κ3) is 5.01. The Labute approximate surface area is 134 Å². The van der Waals surface area contributed by atoms with Crippen LogP contribution in [0.4, 0.5) is 0 Å². The van der Waals surface area contributed by atoms with Gasteiger partial charge in [0.05, 0.1) is 5.92 Å². The second-order valence-electron chi connectivity index (χ2n) is 5.84. The SMILES string of the molecule is CCCC(C(=O)NC1CNCCC1C)c1ccccc1.Cl. The average Bonchev–Trinajstić information content (AvgIpc) is 2.48. The Morgan fingerprint density at radius 2 is 2.10 bits per heavy atom. The smallest absolute Gasteiger partial charge is 0.227 e. The fourth-order valence-corrected chi connectivity index (χ4v) is 2.89. The molecular formula is C17H27ClN2O. The fourth-order valence-electron chi connectivity index (χ4n) is 2.89. The molecule has 0 spiro atoms. The summed E-state index contributed by atoms with van der Waals surface area (Å²) in [6.07, 6.45) is 3.06. The molecule has 4 heteroatoms. The van der Waals surface area contributed by atoms with Crippen molar-refractivity contribution in [1.82, 2.24) is 10.6 Å². The van der Waals surface area contributed by atoms with Crippen molar-refractivity contribution in [3.63, 3.8) is 0 Å². The highest BCUT2D eigenvalue weighted by atomic mass is 35.5. The van der Waals surface area contributed by atoms with Crippen molar-refractivity contribution in [2.75, 3.05) is 13.1 Å². The summed E-state index contributed by atoms with van der Waals surface area (Å²) < 4.78 is 0. The maximum atomic E-state index is 12.6. The Hall–Kier alpha value is -1.06. The van der Waals surface area contributed by atoms with Gasteiger partial charge in [0.25, 0.3) is 0 Å². The van der Waals surface area contributed by atoms with Gasteiger partial charge in [-0.3, -0.25) is 4.79 Å². The van der Waals surface area contributed by atoms with Crippen molar-refractivity contribution in [2.45, 2.75) is 45.1 Å². The minimum absolute atomic E-state index is 0. The van der Waals surface area contributed by atoms with E-state index in [9.17, 15) is 4.79 Å². The van der Waals surface area contributed by atoms with Crippen molar-refractivity contribution >= 4 is 18.3 Å². The van der Waals surface area contributed by atoms with Crippen LogP contribution in [0.25, 0.3) is 0 Å². The molecule has 118 valence electrons. The molecule has 1 heterocycles. The molecule has 3 nitrogen and oxygen atoms in total. The highest BCUT2D eigenvalue weighted by Crippen LogP contribution is 2.22. The summed E-state index contributed by atoms with van der Waals surface area (Å²) >= 11 is 0. The van der Waals surface area contributed by atoms with Gasteiger partial charge in [-0.2, -0.15) is 0 Å². The summed E-state index contributed by atoms with van der Waals surface area (Å²) in [5.41, 5.74) is 1.13. The average molecular weight is 311 g/mol. The summed E-state index contributed by atoms with van der Waals surface area (Å²) in [4.78, 5) is 12.6. The minimum Gasteiger partial charge on any atom is -0.351 e. The predicted molar refractivity (Wildman–Crippen MR) is 89.9 cm³/mol. The van der Waals surface area contributed by atoms with Crippen LogP contribution in [-0.2, 0) is 4.79 Å². The number of carbonyl (C=O) groups is 1. The normalized spacial score (nSPS) is 23.0. The van der Waals surface area contributed by atoms with Crippen molar-refractivity contribution in [3.05, 3.63) is 35.9 Å². The second-order valence-corrected chi connectivity index (χ2v) is 5.84. The highest BCUT2D eigenvalue weighted by molar-refractivity contribution is 5.85. The van der Waals surface area contributed by atoms with Gasteiger partial charge in [0.2, 0.25) is 5.91 Å². The number of hydrogen-bond acceptors (Lipinski definition) is 2. The summed E-state index contributed by atoms with van der Waals surface area (Å²) in [5.74, 6) is 0.715. The van der Waals surface area contributed by atoms with Crippen molar-refractivity contribution in [1.29, 1.82) is 0 Å². The minimum atomic E-state index is -0.0182. The highest BCUT2D eigenvalue weighted by Gasteiger charge is 2.26. The molecule has 1 aliphatic heterocycles. The Bertz CT molecular complexity index is 424. The van der Waals surface area contributed by atoms with Gasteiger partial charge in [0.15, 0.2) is 0 Å². The van der Waals surface area contributed by atoms with Crippen LogP contribution in [0.1, 0.15) is 44.6 Å². The lowest BCUT2D eigenvalue weighted by molar-refractivity contribution is -0.123. The molecule has 1 aromatic rings. The maximum Gasteiger partial charge on any atom is 0.227 e. The van der Waals surface area contributed by atoms with Gasteiger partial charge in [0.1, 0.15) is 0 Å². The van der Waals surface area contributed by atoms with Gasteiger partial charge in [-0.05, 0) is 30.9 Å². The van der Waals surface area contributed by atoms with E-state index in [2.05, 4.69) is 36.6 Å². The standard InChI is InChI=1S/C17H26N2O.ClH/c1-3-7-15(14-8-5-4-6-9-14)17(20)19-16-12-18-11-10-13(16)2;/h4-6,8-9,13,15-16,18H,3,7,10-12H2,1-2H3,(H,19,20);1H. The summed E-state index contributed by atoms with van der Waals surface area (Å²) in [7, 11) is 0. The number of rotatable bonds is 5. The van der Waals surface area contributed by atoms with E-state index in [1.54, 1.807) is 0 Å². The van der Waals surface area contributed by atoms with E-state index in [1.165, 1.54) is 0 Å². The Morgan fingerprint density at radius 3 is 2.71 bits per heavy atom. The molecule has 0 aromatic heterocycles. The van der Waals surface area contributed by atoms with E-state index in [-0.39, 0.29) is 30.3 Å². The summed E-state index contributed by atoms with van der Waals surface area (Å²) in [6.45, 7) is 6.31. The van der Waals surface area contributed by atoms with Gasteiger partial charge in [0, 0.05) is 12.6 Å². The molecule has 3 atom stereocenters. The molecule has 1 amide bonds. The number of carbonyl (C=O) groups excluding carboxylic acids is 1. The second kappa shape index (κ2) is 9.06. The van der Waals surface area contributed by atoms with Crippen LogP contribution in [-0.4, -0.2) is 25.0 Å². The lowest BCUT2D eigenvalue weighted by Crippen LogP contribution is -2.51. The van der Waals surface area contributed by atoms with Crippen LogP contribution in [0.3, 0.4) is 0 Å². The summed E-state index contributed by atoms with van der Waals surface area (Å²) in [5, 5.41) is 6.62. The van der Waals surface area contributed by atoms with Gasteiger partial charge < -0.3 is 10.6 Å². The lowest BCUT2D eigenvalue weighted by Gasteiger charge is -2.31. The van der Waals surface area contributed by atoms with Crippen molar-refractivity contribution < 1.29 is 4.79 Å². The summed E-state index contributed by atoms with van der Waals surface area (Å²) in [6, 6.07) is 10.4. The van der Waals surface area contributed by atoms with Gasteiger partial charge in [-0.1, -0.05) is 50.6 Å². The van der Waals surface area contributed by atoms with Crippen LogP contribution < -0.4 is 10.6 Å². The molecule has 1 saturated heterocycles. The molecule has 3 unspecified atom stereocenters. The van der Waals surface area contributed by atoms with Gasteiger partial charge >= 0.3 is 0 Å². The number of halogens is 1. The monoisotopic (exact) mass is 310 g/mol. The van der Waals surface area contributed by atoms with Crippen molar-refractivity contribution in [3.8, 4) is 0 Å². The Kier molecular flexibility index (Phi) is 7.76. The van der Waals surface area contributed by atoms with E-state index in [0.717, 1.165) is 37.9 Å². The van der Waals surface area contributed by atoms with Crippen LogP contribution in [0.15, 0.2) is 30.3 Å². The molecule has 0 saturated carbocycles. The molecule has 1 aliphatic rings. The maximum absolute atomic E-state index is 12.6.